The maximum absolute atomic E-state index is 12.6. The highest BCUT2D eigenvalue weighted by Crippen LogP contribution is 2.30. The van der Waals surface area contributed by atoms with Crippen molar-refractivity contribution >= 4 is 28.8 Å². The number of fused-ring (bicyclic) bond motifs is 1. The van der Waals surface area contributed by atoms with E-state index in [0.29, 0.717) is 12.3 Å². The Morgan fingerprint density at radius 2 is 2.28 bits per heavy atom. The molecule has 2 heterocycles. The minimum absolute atomic E-state index is 0.110. The molecule has 2 N–H and O–H groups in total. The molecule has 3 rings (SSSR count). The molecule has 6 nitrogen and oxygen atoms in total. The molecule has 0 saturated heterocycles. The normalized spacial score (nSPS) is 17.3. The number of thiazole rings is 1. The topological polar surface area (TPSA) is 80.8 Å². The fourth-order valence-electron chi connectivity index (χ4n) is 2.98. The SMILES string of the molecule is Cc1csc(C/C(N)=N/OCC(=O)N2c3ccccc3CC[C@H]2C)n1. The average molecular weight is 358 g/mol. The first-order valence-electron chi connectivity index (χ1n) is 8.30. The Morgan fingerprint density at radius 3 is 3.04 bits per heavy atom. The number of benzene rings is 1. The van der Waals surface area contributed by atoms with E-state index in [1.54, 1.807) is 4.90 Å². The second kappa shape index (κ2) is 7.65. The van der Waals surface area contributed by atoms with E-state index in [1.807, 2.05) is 30.5 Å². The lowest BCUT2D eigenvalue weighted by Gasteiger charge is -2.34. The zero-order chi connectivity index (χ0) is 17.8. The van der Waals surface area contributed by atoms with E-state index in [0.717, 1.165) is 29.2 Å². The molecule has 0 saturated carbocycles. The summed E-state index contributed by atoms with van der Waals surface area (Å²) in [6.45, 7) is 3.85. The summed E-state index contributed by atoms with van der Waals surface area (Å²) in [6.07, 6.45) is 2.35. The van der Waals surface area contributed by atoms with Crippen LogP contribution in [0.3, 0.4) is 0 Å². The predicted molar refractivity (Wildman–Crippen MR) is 99.8 cm³/mol. The molecule has 1 aliphatic heterocycles. The number of aryl methyl sites for hydroxylation is 2. The van der Waals surface area contributed by atoms with E-state index in [1.165, 1.54) is 16.9 Å². The molecular formula is C18H22N4O2S. The lowest BCUT2D eigenvalue weighted by atomic mass is 9.96. The van der Waals surface area contributed by atoms with Crippen LogP contribution in [0.25, 0.3) is 0 Å². The van der Waals surface area contributed by atoms with Crippen LogP contribution in [0.5, 0.6) is 0 Å². The van der Waals surface area contributed by atoms with E-state index in [-0.39, 0.29) is 18.6 Å². The number of nitrogens with two attached hydrogens (primary N) is 1. The number of hydrogen-bond acceptors (Lipinski definition) is 5. The van der Waals surface area contributed by atoms with Crippen molar-refractivity contribution in [3.05, 3.63) is 45.9 Å². The highest BCUT2D eigenvalue weighted by molar-refractivity contribution is 7.09. The van der Waals surface area contributed by atoms with Gasteiger partial charge in [0.1, 0.15) is 10.8 Å². The van der Waals surface area contributed by atoms with Gasteiger partial charge < -0.3 is 15.5 Å². The molecule has 0 radical (unpaired) electrons. The molecule has 7 heteroatoms. The predicted octanol–water partition coefficient (Wildman–Crippen LogP) is 2.65. The Kier molecular flexibility index (Phi) is 5.33. The Bertz CT molecular complexity index is 787. The number of para-hydroxylation sites is 1. The van der Waals surface area contributed by atoms with Gasteiger partial charge in [-0.25, -0.2) is 4.98 Å². The number of rotatable bonds is 5. The lowest BCUT2D eigenvalue weighted by molar-refractivity contribution is -0.123. The van der Waals surface area contributed by atoms with E-state index in [9.17, 15) is 4.79 Å². The summed E-state index contributed by atoms with van der Waals surface area (Å²) in [6, 6.07) is 8.13. The summed E-state index contributed by atoms with van der Waals surface area (Å²) in [5.74, 6) is 0.204. The summed E-state index contributed by atoms with van der Waals surface area (Å²) in [5, 5.41) is 6.70. The molecule has 0 spiro atoms. The number of nitrogens with zero attached hydrogens (tertiary/aromatic N) is 3. The Labute approximate surface area is 151 Å². The van der Waals surface area contributed by atoms with Crippen LogP contribution in [0.4, 0.5) is 5.69 Å². The fourth-order valence-corrected chi connectivity index (χ4v) is 3.77. The van der Waals surface area contributed by atoms with E-state index in [4.69, 9.17) is 10.6 Å². The van der Waals surface area contributed by atoms with Gasteiger partial charge in [0.15, 0.2) is 6.61 Å². The van der Waals surface area contributed by atoms with Gasteiger partial charge in [-0.1, -0.05) is 23.4 Å². The van der Waals surface area contributed by atoms with Crippen LogP contribution in [0.1, 0.15) is 29.6 Å². The largest absolute Gasteiger partial charge is 0.384 e. The summed E-state index contributed by atoms with van der Waals surface area (Å²) >= 11 is 1.53. The molecule has 1 aromatic heterocycles. The summed E-state index contributed by atoms with van der Waals surface area (Å²) < 4.78 is 0. The number of oxime groups is 1. The molecule has 0 aliphatic carbocycles. The minimum atomic E-state index is -0.129. The van der Waals surface area contributed by atoms with Crippen molar-refractivity contribution in [2.45, 2.75) is 39.2 Å². The molecule has 0 fully saturated rings. The van der Waals surface area contributed by atoms with Crippen LogP contribution in [0, 0.1) is 6.92 Å². The van der Waals surface area contributed by atoms with Gasteiger partial charge in [-0.2, -0.15) is 0 Å². The van der Waals surface area contributed by atoms with Gasteiger partial charge in [-0.15, -0.1) is 11.3 Å². The molecule has 132 valence electrons. The van der Waals surface area contributed by atoms with E-state index in [2.05, 4.69) is 23.1 Å². The van der Waals surface area contributed by atoms with Crippen LogP contribution in [0.15, 0.2) is 34.8 Å². The second-order valence-corrected chi connectivity index (χ2v) is 7.14. The fraction of sp³-hybridized carbons (Fsp3) is 0.389. The molecule has 1 aliphatic rings. The van der Waals surface area contributed by atoms with Crippen molar-refractivity contribution in [3.8, 4) is 0 Å². The molecule has 1 atom stereocenters. The first kappa shape index (κ1) is 17.4. The maximum Gasteiger partial charge on any atom is 0.268 e. The number of hydrogen-bond donors (Lipinski definition) is 1. The molecule has 1 amide bonds. The van der Waals surface area contributed by atoms with E-state index < -0.39 is 0 Å². The third-order valence-corrected chi connectivity index (χ3v) is 5.13. The van der Waals surface area contributed by atoms with Gasteiger partial charge in [-0.3, -0.25) is 4.79 Å². The lowest BCUT2D eigenvalue weighted by Crippen LogP contribution is -2.43. The maximum atomic E-state index is 12.6. The summed E-state index contributed by atoms with van der Waals surface area (Å²) in [7, 11) is 0. The zero-order valence-electron chi connectivity index (χ0n) is 14.4. The third kappa shape index (κ3) is 4.17. The van der Waals surface area contributed by atoms with Crippen molar-refractivity contribution in [2.75, 3.05) is 11.5 Å². The Balaban J connectivity index is 1.60. The standard InChI is InChI=1S/C18H22N4O2S/c1-12-11-25-17(20-12)9-16(19)21-24-10-18(23)22-13(2)7-8-14-5-3-4-6-15(14)22/h3-6,11,13H,7-10H2,1-2H3,(H2,19,21)/t13-/m1/s1. The van der Waals surface area contributed by atoms with Gasteiger partial charge >= 0.3 is 0 Å². The van der Waals surface area contributed by atoms with Crippen molar-refractivity contribution in [1.29, 1.82) is 0 Å². The highest BCUT2D eigenvalue weighted by Gasteiger charge is 2.28. The van der Waals surface area contributed by atoms with Gasteiger partial charge in [0, 0.05) is 22.8 Å². The number of aromatic nitrogens is 1. The summed E-state index contributed by atoms with van der Waals surface area (Å²) in [5.41, 5.74) is 8.96. The molecule has 0 bridgehead atoms. The van der Waals surface area contributed by atoms with Crippen molar-refractivity contribution in [3.63, 3.8) is 0 Å². The number of amides is 1. The Morgan fingerprint density at radius 1 is 1.48 bits per heavy atom. The van der Waals surface area contributed by atoms with Crippen LogP contribution in [-0.2, 0) is 22.5 Å². The quantitative estimate of drug-likeness (QED) is 0.506. The Hall–Kier alpha value is -2.41. The average Bonchev–Trinajstić information content (AvgIpc) is 2.99. The number of carbonyl (C=O) groups excluding carboxylic acids is 1. The highest BCUT2D eigenvalue weighted by atomic mass is 32.1. The number of amidine groups is 1. The van der Waals surface area contributed by atoms with E-state index >= 15 is 0 Å². The molecule has 1 aromatic carbocycles. The van der Waals surface area contributed by atoms with Gasteiger partial charge in [0.05, 0.1) is 6.42 Å². The third-order valence-electron chi connectivity index (χ3n) is 4.16. The minimum Gasteiger partial charge on any atom is -0.384 e. The van der Waals surface area contributed by atoms with Gasteiger partial charge in [-0.05, 0) is 38.3 Å². The van der Waals surface area contributed by atoms with Crippen molar-refractivity contribution < 1.29 is 9.63 Å². The smallest absolute Gasteiger partial charge is 0.268 e. The molecule has 25 heavy (non-hydrogen) atoms. The van der Waals surface area contributed by atoms with Gasteiger partial charge in [0.25, 0.3) is 5.91 Å². The number of carbonyl (C=O) groups is 1. The van der Waals surface area contributed by atoms with Crippen LogP contribution in [0.2, 0.25) is 0 Å². The van der Waals surface area contributed by atoms with Gasteiger partial charge in [0.2, 0.25) is 0 Å². The van der Waals surface area contributed by atoms with Crippen LogP contribution in [-0.4, -0.2) is 29.4 Å². The summed E-state index contributed by atoms with van der Waals surface area (Å²) in [4.78, 5) is 23.9. The van der Waals surface area contributed by atoms with Crippen molar-refractivity contribution in [2.24, 2.45) is 10.9 Å². The monoisotopic (exact) mass is 358 g/mol. The van der Waals surface area contributed by atoms with Crippen LogP contribution < -0.4 is 10.6 Å². The molecule has 2 aromatic rings. The first-order valence-corrected chi connectivity index (χ1v) is 9.18. The molecule has 0 unspecified atom stereocenters. The number of anilines is 1. The van der Waals surface area contributed by atoms with Crippen LogP contribution >= 0.6 is 11.3 Å². The second-order valence-electron chi connectivity index (χ2n) is 6.20. The van der Waals surface area contributed by atoms with Crippen molar-refractivity contribution in [1.82, 2.24) is 4.98 Å². The zero-order valence-corrected chi connectivity index (χ0v) is 15.3. The first-order chi connectivity index (χ1) is 12.0. The molecular weight excluding hydrogens is 336 g/mol.